The summed E-state index contributed by atoms with van der Waals surface area (Å²) in [4.78, 5) is 22.3. The van der Waals surface area contributed by atoms with Crippen LogP contribution in [0.3, 0.4) is 0 Å². The van der Waals surface area contributed by atoms with Crippen LogP contribution in [0, 0.1) is 0 Å². The van der Waals surface area contributed by atoms with E-state index in [-0.39, 0.29) is 32.3 Å². The minimum Gasteiger partial charge on any atom is -0.463 e. The summed E-state index contributed by atoms with van der Waals surface area (Å²) < 4.78 is 33.4. The van der Waals surface area contributed by atoms with Gasteiger partial charge >= 0.3 is 13.8 Å². The standard InChI is InChI=1S/C42H82NO7P/c1-3-5-7-9-11-13-15-17-19-20-22-24-26-28-30-32-34-37-47-41(40-50-51(45,46)49-38-36-43)39-48-42(44)35-33-31-29-27-25-23-21-18-16-14-12-10-8-6-4-2/h17-19,21,41H,3-16,20,22-40,43H2,1-2H3,(H,45,46)/t41-/m1/s1. The average molecular weight is 744 g/mol. The molecule has 0 bridgehead atoms. The molecular weight excluding hydrogens is 661 g/mol. The van der Waals surface area contributed by atoms with Crippen LogP contribution in [0.25, 0.3) is 0 Å². The molecule has 0 aliphatic heterocycles. The predicted octanol–water partition coefficient (Wildman–Crippen LogP) is 12.5. The number of ether oxygens (including phenoxy) is 2. The Morgan fingerprint density at radius 3 is 1.43 bits per heavy atom. The smallest absolute Gasteiger partial charge is 0.463 e. The highest BCUT2D eigenvalue weighted by atomic mass is 31.2. The van der Waals surface area contributed by atoms with Gasteiger partial charge in [-0.3, -0.25) is 13.8 Å². The summed E-state index contributed by atoms with van der Waals surface area (Å²) in [5.74, 6) is -0.277. The number of rotatable bonds is 41. The van der Waals surface area contributed by atoms with E-state index in [0.717, 1.165) is 44.9 Å². The highest BCUT2D eigenvalue weighted by Gasteiger charge is 2.24. The fourth-order valence-electron chi connectivity index (χ4n) is 5.90. The van der Waals surface area contributed by atoms with Crippen LogP contribution in [0.5, 0.6) is 0 Å². The van der Waals surface area contributed by atoms with Gasteiger partial charge in [0, 0.05) is 19.6 Å². The number of hydrogen-bond donors (Lipinski definition) is 2. The fraction of sp³-hybridized carbons (Fsp3) is 0.881. The molecule has 0 radical (unpaired) electrons. The zero-order valence-corrected chi connectivity index (χ0v) is 34.2. The zero-order valence-electron chi connectivity index (χ0n) is 33.3. The second kappa shape index (κ2) is 40.2. The number of esters is 1. The zero-order chi connectivity index (χ0) is 37.4. The lowest BCUT2D eigenvalue weighted by Crippen LogP contribution is -2.27. The first-order chi connectivity index (χ1) is 24.9. The van der Waals surface area contributed by atoms with Gasteiger partial charge in [-0.05, 0) is 64.2 Å². The molecule has 0 aliphatic carbocycles. The van der Waals surface area contributed by atoms with E-state index in [1.165, 1.54) is 135 Å². The first-order valence-electron chi connectivity index (χ1n) is 21.3. The number of carbonyl (C=O) groups is 1. The highest BCUT2D eigenvalue weighted by Crippen LogP contribution is 2.43. The molecule has 51 heavy (non-hydrogen) atoms. The van der Waals surface area contributed by atoms with E-state index in [1.54, 1.807) is 0 Å². The molecule has 0 aromatic heterocycles. The third-order valence-corrected chi connectivity index (χ3v) is 10.1. The lowest BCUT2D eigenvalue weighted by atomic mass is 10.1. The van der Waals surface area contributed by atoms with Gasteiger partial charge in [0.25, 0.3) is 0 Å². The van der Waals surface area contributed by atoms with Crippen LogP contribution >= 0.6 is 7.82 Å². The largest absolute Gasteiger partial charge is 0.472 e. The topological polar surface area (TPSA) is 117 Å². The van der Waals surface area contributed by atoms with Crippen molar-refractivity contribution in [3.63, 3.8) is 0 Å². The summed E-state index contributed by atoms with van der Waals surface area (Å²) >= 11 is 0. The molecule has 0 amide bonds. The predicted molar refractivity (Wildman–Crippen MR) is 215 cm³/mol. The number of nitrogens with two attached hydrogens (primary N) is 1. The Labute approximate surface area is 315 Å². The van der Waals surface area contributed by atoms with Gasteiger partial charge in [0.1, 0.15) is 12.7 Å². The molecular formula is C42H82NO7P. The second-order valence-corrected chi connectivity index (χ2v) is 15.6. The lowest BCUT2D eigenvalue weighted by molar-refractivity contribution is -0.149. The van der Waals surface area contributed by atoms with Crippen LogP contribution < -0.4 is 5.73 Å². The Bertz CT molecular complexity index is 838. The van der Waals surface area contributed by atoms with Gasteiger partial charge in [0.05, 0.1) is 13.2 Å². The minimum atomic E-state index is -4.24. The van der Waals surface area contributed by atoms with Gasteiger partial charge in [-0.2, -0.15) is 0 Å². The second-order valence-electron chi connectivity index (χ2n) is 14.2. The maximum absolute atomic E-state index is 12.4. The van der Waals surface area contributed by atoms with Crippen LogP contribution in [0.4, 0.5) is 0 Å². The van der Waals surface area contributed by atoms with E-state index in [1.807, 2.05) is 0 Å². The summed E-state index contributed by atoms with van der Waals surface area (Å²) in [6.45, 7) is 4.80. The Morgan fingerprint density at radius 2 is 0.980 bits per heavy atom. The molecule has 3 N–H and O–H groups in total. The molecule has 302 valence electrons. The molecule has 0 spiro atoms. The number of hydrogen-bond acceptors (Lipinski definition) is 7. The van der Waals surface area contributed by atoms with Crippen LogP contribution in [-0.2, 0) is 27.9 Å². The number of phosphoric ester groups is 1. The number of carbonyl (C=O) groups excluding carboxylic acids is 1. The summed E-state index contributed by atoms with van der Waals surface area (Å²) in [6, 6.07) is 0. The third kappa shape index (κ3) is 40.0. The van der Waals surface area contributed by atoms with E-state index in [4.69, 9.17) is 24.3 Å². The molecule has 8 nitrogen and oxygen atoms in total. The molecule has 0 saturated carbocycles. The van der Waals surface area contributed by atoms with Crippen molar-refractivity contribution < 1.29 is 32.8 Å². The number of phosphoric acid groups is 1. The monoisotopic (exact) mass is 744 g/mol. The summed E-state index contributed by atoms with van der Waals surface area (Å²) in [5, 5.41) is 0. The van der Waals surface area contributed by atoms with Gasteiger partial charge in [0.15, 0.2) is 0 Å². The molecule has 0 fully saturated rings. The van der Waals surface area contributed by atoms with Gasteiger partial charge in [0.2, 0.25) is 0 Å². The number of unbranched alkanes of at least 4 members (excludes halogenated alkanes) is 24. The van der Waals surface area contributed by atoms with Crippen molar-refractivity contribution in [2.45, 2.75) is 206 Å². The first-order valence-corrected chi connectivity index (χ1v) is 22.8. The SMILES string of the molecule is CCCCCCCCC=CCCCCCCCCCO[C@H](COC(=O)CCCCCCCC=CCCCCCCCC)COP(=O)(O)OCCN. The van der Waals surface area contributed by atoms with Gasteiger partial charge in [-0.25, -0.2) is 4.57 Å². The summed E-state index contributed by atoms with van der Waals surface area (Å²) in [6.07, 6.45) is 43.4. The third-order valence-electron chi connectivity index (χ3n) is 9.13. The van der Waals surface area contributed by atoms with E-state index >= 15 is 0 Å². The molecule has 0 saturated heterocycles. The van der Waals surface area contributed by atoms with Crippen LogP contribution in [0.1, 0.15) is 200 Å². The van der Waals surface area contributed by atoms with Crippen LogP contribution in [-0.4, -0.2) is 49.9 Å². The van der Waals surface area contributed by atoms with Crippen LogP contribution in [0.2, 0.25) is 0 Å². The normalized spacial score (nSPS) is 13.7. The van der Waals surface area contributed by atoms with Crippen molar-refractivity contribution in [3.05, 3.63) is 24.3 Å². The van der Waals surface area contributed by atoms with Gasteiger partial charge in [-0.1, -0.05) is 154 Å². The average Bonchev–Trinajstić information content (AvgIpc) is 3.12. The fourth-order valence-corrected chi connectivity index (χ4v) is 6.67. The molecule has 1 unspecified atom stereocenters. The lowest BCUT2D eigenvalue weighted by Gasteiger charge is -2.20. The van der Waals surface area contributed by atoms with Crippen molar-refractivity contribution in [3.8, 4) is 0 Å². The maximum Gasteiger partial charge on any atom is 0.472 e. The van der Waals surface area contributed by atoms with Crippen molar-refractivity contribution >= 4 is 13.8 Å². The van der Waals surface area contributed by atoms with Crippen molar-refractivity contribution in [1.29, 1.82) is 0 Å². The molecule has 0 aromatic rings. The Kier molecular flexibility index (Phi) is 39.4. The summed E-state index contributed by atoms with van der Waals surface area (Å²) in [5.41, 5.74) is 5.37. The Balaban J connectivity index is 4.04. The van der Waals surface area contributed by atoms with E-state index in [0.29, 0.717) is 13.0 Å². The first kappa shape index (κ1) is 50.0. The molecule has 2 atom stereocenters. The summed E-state index contributed by atoms with van der Waals surface area (Å²) in [7, 11) is -4.24. The molecule has 0 aliphatic rings. The molecule has 0 rings (SSSR count). The van der Waals surface area contributed by atoms with Gasteiger partial charge in [-0.15, -0.1) is 0 Å². The molecule has 9 heteroatoms. The van der Waals surface area contributed by atoms with Crippen molar-refractivity contribution in [1.82, 2.24) is 0 Å². The van der Waals surface area contributed by atoms with Crippen LogP contribution in [0.15, 0.2) is 24.3 Å². The van der Waals surface area contributed by atoms with E-state index in [9.17, 15) is 14.3 Å². The maximum atomic E-state index is 12.4. The minimum absolute atomic E-state index is 0.0196. The van der Waals surface area contributed by atoms with Gasteiger partial charge < -0.3 is 20.1 Å². The van der Waals surface area contributed by atoms with Crippen molar-refractivity contribution in [2.24, 2.45) is 5.73 Å². The molecule has 0 aromatic carbocycles. The quantitative estimate of drug-likeness (QED) is 0.0275. The number of allylic oxidation sites excluding steroid dienone is 4. The highest BCUT2D eigenvalue weighted by molar-refractivity contribution is 7.47. The van der Waals surface area contributed by atoms with Crippen molar-refractivity contribution in [2.75, 3.05) is 33.0 Å². The van der Waals surface area contributed by atoms with E-state index < -0.39 is 13.9 Å². The van der Waals surface area contributed by atoms with E-state index in [2.05, 4.69) is 38.2 Å². The Hall–Kier alpha value is -1.02. The Morgan fingerprint density at radius 1 is 0.569 bits per heavy atom. The molecule has 0 heterocycles.